The van der Waals surface area contributed by atoms with E-state index in [4.69, 9.17) is 4.74 Å². The molecule has 0 amide bonds. The largest absolute Gasteiger partial charge is 0.485 e. The molecule has 3 nitrogen and oxygen atoms in total. The minimum atomic E-state index is 0.493. The fraction of sp³-hybridized carbons (Fsp3) is 0.278. The predicted molar refractivity (Wildman–Crippen MR) is 85.7 cm³/mol. The predicted octanol–water partition coefficient (Wildman–Crippen LogP) is 4.25. The Morgan fingerprint density at radius 2 is 1.90 bits per heavy atom. The average Bonchev–Trinajstić information content (AvgIpc) is 2.85. The number of aromatic nitrogens is 2. The third-order valence-electron chi connectivity index (χ3n) is 3.75. The highest BCUT2D eigenvalue weighted by Crippen LogP contribution is 2.22. The molecule has 2 aromatic carbocycles. The summed E-state index contributed by atoms with van der Waals surface area (Å²) in [5.41, 5.74) is 4.55. The Hall–Kier alpha value is -2.29. The van der Waals surface area contributed by atoms with Crippen LogP contribution in [0.4, 0.5) is 0 Å². The molecule has 0 N–H and O–H groups in total. The van der Waals surface area contributed by atoms with Crippen LogP contribution in [0.1, 0.15) is 23.9 Å². The molecule has 0 fully saturated rings. The van der Waals surface area contributed by atoms with Crippen molar-refractivity contribution in [2.24, 2.45) is 0 Å². The van der Waals surface area contributed by atoms with Gasteiger partial charge in [-0.25, -0.2) is 4.98 Å². The molecular weight excluding hydrogens is 260 g/mol. The number of ether oxygens (including phenoxy) is 1. The molecule has 0 radical (unpaired) electrons. The molecule has 0 bridgehead atoms. The zero-order valence-corrected chi connectivity index (χ0v) is 12.8. The lowest BCUT2D eigenvalue weighted by Gasteiger charge is -2.11. The summed E-state index contributed by atoms with van der Waals surface area (Å²) in [7, 11) is 0. The second kappa shape index (κ2) is 5.60. The minimum Gasteiger partial charge on any atom is -0.485 e. The second-order valence-electron chi connectivity index (χ2n) is 5.32. The van der Waals surface area contributed by atoms with Crippen LogP contribution in [0.3, 0.4) is 0 Å². The molecule has 3 rings (SSSR count). The summed E-state index contributed by atoms with van der Waals surface area (Å²) in [6.45, 7) is 7.67. The first kappa shape index (κ1) is 13.7. The number of para-hydroxylation sites is 2. The third-order valence-corrected chi connectivity index (χ3v) is 3.75. The first-order valence-electron chi connectivity index (χ1n) is 7.33. The van der Waals surface area contributed by atoms with E-state index in [1.165, 1.54) is 11.1 Å². The lowest BCUT2D eigenvalue weighted by molar-refractivity contribution is 0.288. The number of imidazole rings is 1. The van der Waals surface area contributed by atoms with Crippen molar-refractivity contribution >= 4 is 11.0 Å². The molecule has 3 heteroatoms. The second-order valence-corrected chi connectivity index (χ2v) is 5.32. The topological polar surface area (TPSA) is 27.1 Å². The minimum absolute atomic E-state index is 0.493. The molecule has 0 atom stereocenters. The number of fused-ring (bicyclic) bond motifs is 1. The number of benzene rings is 2. The number of hydrogen-bond acceptors (Lipinski definition) is 2. The van der Waals surface area contributed by atoms with Crippen molar-refractivity contribution < 1.29 is 4.74 Å². The van der Waals surface area contributed by atoms with E-state index in [9.17, 15) is 0 Å². The summed E-state index contributed by atoms with van der Waals surface area (Å²) >= 11 is 0. The number of aryl methyl sites for hydroxylation is 3. The van der Waals surface area contributed by atoms with Gasteiger partial charge < -0.3 is 9.30 Å². The first-order chi connectivity index (χ1) is 10.2. The zero-order chi connectivity index (χ0) is 14.8. The Bertz CT molecular complexity index is 774. The third kappa shape index (κ3) is 2.64. The van der Waals surface area contributed by atoms with Crippen LogP contribution in [0.2, 0.25) is 0 Å². The van der Waals surface area contributed by atoms with Crippen LogP contribution in [0.15, 0.2) is 42.5 Å². The Balaban J connectivity index is 1.89. The molecule has 1 heterocycles. The molecule has 0 unspecified atom stereocenters. The smallest absolute Gasteiger partial charge is 0.147 e. The quantitative estimate of drug-likeness (QED) is 0.714. The van der Waals surface area contributed by atoms with Crippen LogP contribution in [0.5, 0.6) is 5.75 Å². The zero-order valence-electron chi connectivity index (χ0n) is 12.8. The number of hydrogen-bond donors (Lipinski definition) is 0. The molecular formula is C18H20N2O. The summed E-state index contributed by atoms with van der Waals surface area (Å²) in [4.78, 5) is 4.69. The molecule has 108 valence electrons. The molecule has 0 aliphatic heterocycles. The van der Waals surface area contributed by atoms with Crippen molar-refractivity contribution in [2.75, 3.05) is 0 Å². The van der Waals surface area contributed by atoms with Gasteiger partial charge in [0.2, 0.25) is 0 Å². The molecule has 0 saturated heterocycles. The molecule has 21 heavy (non-hydrogen) atoms. The van der Waals surface area contributed by atoms with Gasteiger partial charge in [0.05, 0.1) is 11.0 Å². The van der Waals surface area contributed by atoms with Gasteiger partial charge >= 0.3 is 0 Å². The van der Waals surface area contributed by atoms with E-state index in [2.05, 4.69) is 54.6 Å². The lowest BCUT2D eigenvalue weighted by atomic mass is 10.1. The van der Waals surface area contributed by atoms with Crippen molar-refractivity contribution in [3.8, 4) is 5.75 Å². The first-order valence-corrected chi connectivity index (χ1v) is 7.33. The Labute approximate surface area is 125 Å². The highest BCUT2D eigenvalue weighted by Gasteiger charge is 2.10. The maximum Gasteiger partial charge on any atom is 0.147 e. The van der Waals surface area contributed by atoms with Crippen LogP contribution in [0.25, 0.3) is 11.0 Å². The van der Waals surface area contributed by atoms with E-state index < -0.39 is 0 Å². The highest BCUT2D eigenvalue weighted by atomic mass is 16.5. The molecule has 3 aromatic rings. The summed E-state index contributed by atoms with van der Waals surface area (Å²) in [5, 5.41) is 0. The fourth-order valence-electron chi connectivity index (χ4n) is 2.59. The summed E-state index contributed by atoms with van der Waals surface area (Å²) in [6, 6.07) is 14.5. The molecule has 0 aliphatic carbocycles. The lowest BCUT2D eigenvalue weighted by Crippen LogP contribution is -2.06. The molecule has 0 saturated carbocycles. The maximum absolute atomic E-state index is 5.99. The number of rotatable bonds is 4. The monoisotopic (exact) mass is 280 g/mol. The molecule has 0 aliphatic rings. The van der Waals surface area contributed by atoms with E-state index in [-0.39, 0.29) is 0 Å². The van der Waals surface area contributed by atoms with Crippen LogP contribution in [-0.2, 0) is 13.2 Å². The van der Waals surface area contributed by atoms with Crippen molar-refractivity contribution in [1.82, 2.24) is 9.55 Å². The van der Waals surface area contributed by atoms with E-state index >= 15 is 0 Å². The van der Waals surface area contributed by atoms with Gasteiger partial charge in [-0.3, -0.25) is 0 Å². The maximum atomic E-state index is 5.99. The summed E-state index contributed by atoms with van der Waals surface area (Å²) < 4.78 is 8.20. The summed E-state index contributed by atoms with van der Waals surface area (Å²) in [5.74, 6) is 1.91. The van der Waals surface area contributed by atoms with Crippen molar-refractivity contribution in [1.29, 1.82) is 0 Å². The van der Waals surface area contributed by atoms with Gasteiger partial charge in [-0.15, -0.1) is 0 Å². The van der Waals surface area contributed by atoms with Crippen molar-refractivity contribution in [2.45, 2.75) is 33.9 Å². The number of nitrogens with zero attached hydrogens (tertiary/aromatic N) is 2. The normalized spacial score (nSPS) is 11.0. The van der Waals surface area contributed by atoms with Crippen LogP contribution >= 0.6 is 0 Å². The van der Waals surface area contributed by atoms with Crippen molar-refractivity contribution in [3.05, 3.63) is 59.4 Å². The van der Waals surface area contributed by atoms with E-state index in [1.807, 2.05) is 18.2 Å². The van der Waals surface area contributed by atoms with E-state index in [0.717, 1.165) is 29.2 Å². The van der Waals surface area contributed by atoms with Crippen LogP contribution in [0, 0.1) is 13.8 Å². The summed E-state index contributed by atoms with van der Waals surface area (Å²) in [6.07, 6.45) is 0. The van der Waals surface area contributed by atoms with Gasteiger partial charge in [-0.05, 0) is 50.1 Å². The molecule has 1 aromatic heterocycles. The average molecular weight is 280 g/mol. The van der Waals surface area contributed by atoms with Gasteiger partial charge in [0.25, 0.3) is 0 Å². The molecule has 0 spiro atoms. The van der Waals surface area contributed by atoms with E-state index in [0.29, 0.717) is 6.61 Å². The van der Waals surface area contributed by atoms with Gasteiger partial charge in [-0.2, -0.15) is 0 Å². The Morgan fingerprint density at radius 3 is 2.71 bits per heavy atom. The Morgan fingerprint density at radius 1 is 1.10 bits per heavy atom. The van der Waals surface area contributed by atoms with E-state index in [1.54, 1.807) is 0 Å². The van der Waals surface area contributed by atoms with Gasteiger partial charge in [-0.1, -0.05) is 24.3 Å². The van der Waals surface area contributed by atoms with Crippen LogP contribution in [-0.4, -0.2) is 9.55 Å². The van der Waals surface area contributed by atoms with Gasteiger partial charge in [0, 0.05) is 6.54 Å². The van der Waals surface area contributed by atoms with Gasteiger partial charge in [0.15, 0.2) is 0 Å². The fourth-order valence-corrected chi connectivity index (χ4v) is 2.59. The van der Waals surface area contributed by atoms with Gasteiger partial charge in [0.1, 0.15) is 18.2 Å². The highest BCUT2D eigenvalue weighted by molar-refractivity contribution is 5.75. The van der Waals surface area contributed by atoms with Crippen molar-refractivity contribution in [3.63, 3.8) is 0 Å². The van der Waals surface area contributed by atoms with Crippen LogP contribution < -0.4 is 4.74 Å². The standard InChI is InChI=1S/C18H20N2O/c1-4-20-16-8-6-5-7-15(16)19-18(20)12-21-17-11-13(2)9-10-14(17)3/h5-11H,4,12H2,1-3H3. The Kier molecular flexibility index (Phi) is 3.65. The SMILES string of the molecule is CCn1c(COc2cc(C)ccc2C)nc2ccccc21.